The molecule has 5 aromatic rings. The van der Waals surface area contributed by atoms with E-state index in [1.54, 1.807) is 5.56 Å². The van der Waals surface area contributed by atoms with Crippen LogP contribution in [0.4, 0.5) is 5.69 Å². The molecular weight excluding hydrogens is 633 g/mol. The first-order valence-electron chi connectivity index (χ1n) is 19.5. The van der Waals surface area contributed by atoms with Gasteiger partial charge in [0.1, 0.15) is 11.5 Å². The monoisotopic (exact) mass is 685 g/mol. The number of fused-ring (bicyclic) bond motifs is 7. The summed E-state index contributed by atoms with van der Waals surface area (Å²) in [5.41, 5.74) is 14.4. The molecule has 3 N–H and O–H groups in total. The average molecular weight is 686 g/mol. The fourth-order valence-electron chi connectivity index (χ4n) is 9.05. The van der Waals surface area contributed by atoms with E-state index in [0.29, 0.717) is 0 Å². The van der Waals surface area contributed by atoms with Gasteiger partial charge < -0.3 is 15.8 Å². The first-order chi connectivity index (χ1) is 25.2. The first kappa shape index (κ1) is 35.6. The van der Waals surface area contributed by atoms with Crippen molar-refractivity contribution in [3.8, 4) is 22.6 Å². The zero-order chi connectivity index (χ0) is 34.5. The van der Waals surface area contributed by atoms with Crippen LogP contribution in [0.1, 0.15) is 98.9 Å². The second-order valence-corrected chi connectivity index (χ2v) is 14.8. The molecule has 8 rings (SSSR count). The highest BCUT2D eigenvalue weighted by molar-refractivity contribution is 6.08. The number of aryl methyl sites for hydroxylation is 1. The van der Waals surface area contributed by atoms with E-state index in [0.717, 1.165) is 56.7 Å². The number of hydrogen-bond donors (Lipinski definition) is 1. The topological polar surface area (TPSA) is 47.5 Å². The van der Waals surface area contributed by atoms with E-state index in [2.05, 4.69) is 139 Å². The molecule has 1 radical (unpaired) electrons. The van der Waals surface area contributed by atoms with Crippen molar-refractivity contribution in [2.45, 2.75) is 89.4 Å². The van der Waals surface area contributed by atoms with Crippen LogP contribution in [0.3, 0.4) is 0 Å². The normalized spacial score (nSPS) is 16.5. The molecule has 0 saturated heterocycles. The van der Waals surface area contributed by atoms with E-state index in [4.69, 9.17) is 4.74 Å². The van der Waals surface area contributed by atoms with E-state index >= 15 is 0 Å². The minimum Gasteiger partial charge on any atom is -0.456 e. The van der Waals surface area contributed by atoms with Gasteiger partial charge in [-0.05, 0) is 108 Å². The molecule has 1 aliphatic heterocycles. The third kappa shape index (κ3) is 7.01. The zero-order valence-electron chi connectivity index (χ0n) is 30.9. The molecule has 0 unspecified atom stereocenters. The molecule has 0 atom stereocenters. The summed E-state index contributed by atoms with van der Waals surface area (Å²) < 4.78 is 7.19. The van der Waals surface area contributed by atoms with Gasteiger partial charge in [-0.3, -0.25) is 0 Å². The van der Waals surface area contributed by atoms with Crippen LogP contribution in [0.25, 0.3) is 28.0 Å². The van der Waals surface area contributed by atoms with Crippen LogP contribution in [-0.2, 0) is 18.3 Å². The summed E-state index contributed by atoms with van der Waals surface area (Å²) in [7, 11) is 0. The quantitative estimate of drug-likeness (QED) is 0.165. The van der Waals surface area contributed by atoms with E-state index < -0.39 is 0 Å². The smallest absolute Gasteiger partial charge is 0.142 e. The Morgan fingerprint density at radius 3 is 2.33 bits per heavy atom. The predicted octanol–water partition coefficient (Wildman–Crippen LogP) is 13.1. The summed E-state index contributed by atoms with van der Waals surface area (Å²) >= 11 is 0. The summed E-state index contributed by atoms with van der Waals surface area (Å²) in [4.78, 5) is 2.44. The Balaban J connectivity index is 0.00000420. The van der Waals surface area contributed by atoms with Crippen molar-refractivity contribution in [3.63, 3.8) is 0 Å². The van der Waals surface area contributed by atoms with Crippen LogP contribution in [0.2, 0.25) is 0 Å². The molecule has 3 aliphatic rings. The maximum atomic E-state index is 7.19. The summed E-state index contributed by atoms with van der Waals surface area (Å²) in [5, 5.41) is 2.49. The molecule has 1 heterocycles. The van der Waals surface area contributed by atoms with Gasteiger partial charge in [0.25, 0.3) is 0 Å². The zero-order valence-corrected chi connectivity index (χ0v) is 30.9. The highest BCUT2D eigenvalue weighted by atomic mass is 16.5. The molecule has 265 valence electrons. The molecule has 0 bridgehead atoms. The van der Waals surface area contributed by atoms with Crippen LogP contribution in [0.15, 0.2) is 115 Å². The Kier molecular flexibility index (Phi) is 11.1. The SMILES string of the molecule is CCCc1ccc2c(c1)C1(CCCCCCC1)c1c(/C=C\Cc3ccccc3)c(Oc3ccc(N4CC[C]=C=CCC4)cc3)c3ccccc3c1-2.N. The molecule has 3 nitrogen and oxygen atoms in total. The molecule has 52 heavy (non-hydrogen) atoms. The van der Waals surface area contributed by atoms with Crippen LogP contribution < -0.4 is 15.8 Å². The Morgan fingerprint density at radius 2 is 1.54 bits per heavy atom. The minimum atomic E-state index is -0.0291. The van der Waals surface area contributed by atoms with E-state index in [9.17, 15) is 0 Å². The standard InChI is InChI=1S/C49H50NO.H3N/c1-2-19-38-26-31-43-45(36-38)49(32-14-5-3-6-15-33-49)47-44(25-18-22-37-20-10-9-11-21-37)48(42-24-13-12-23-41(42)46(43)47)51-40-29-27-39(28-30-40)50-34-16-7-4-8-17-35-50;/h7,9-13,18,20-21,23-31,36H,2-3,5-6,14-17,19,22,32-35H2,1H3;1H3/b25-18-;. The third-order valence-electron chi connectivity index (χ3n) is 11.5. The molecular formula is C49H53N2O. The van der Waals surface area contributed by atoms with Crippen molar-refractivity contribution in [1.29, 1.82) is 0 Å². The van der Waals surface area contributed by atoms with Crippen molar-refractivity contribution in [2.75, 3.05) is 18.0 Å². The Labute approximate surface area is 311 Å². The van der Waals surface area contributed by atoms with Crippen LogP contribution in [0.5, 0.6) is 11.5 Å². The van der Waals surface area contributed by atoms with Gasteiger partial charge in [-0.15, -0.1) is 5.73 Å². The van der Waals surface area contributed by atoms with Crippen molar-refractivity contribution >= 4 is 22.5 Å². The van der Waals surface area contributed by atoms with Crippen LogP contribution in [0, 0.1) is 6.08 Å². The Morgan fingerprint density at radius 1 is 0.788 bits per heavy atom. The summed E-state index contributed by atoms with van der Waals surface area (Å²) in [6, 6.07) is 36.1. The van der Waals surface area contributed by atoms with Gasteiger partial charge in [-0.1, -0.05) is 130 Å². The summed E-state index contributed by atoms with van der Waals surface area (Å²) in [6.45, 7) is 4.24. The van der Waals surface area contributed by atoms with E-state index in [-0.39, 0.29) is 11.6 Å². The van der Waals surface area contributed by atoms with Gasteiger partial charge in [0, 0.05) is 41.2 Å². The van der Waals surface area contributed by atoms with Gasteiger partial charge in [0.05, 0.1) is 0 Å². The van der Waals surface area contributed by atoms with Gasteiger partial charge >= 0.3 is 0 Å². The Hall–Kier alpha value is -4.82. The fourth-order valence-corrected chi connectivity index (χ4v) is 9.05. The maximum Gasteiger partial charge on any atom is 0.142 e. The van der Waals surface area contributed by atoms with Crippen LogP contribution in [-0.4, -0.2) is 13.1 Å². The molecule has 1 fully saturated rings. The van der Waals surface area contributed by atoms with Gasteiger partial charge in [-0.25, -0.2) is 0 Å². The molecule has 1 spiro atoms. The summed E-state index contributed by atoms with van der Waals surface area (Å²) in [5.74, 6) is 1.87. The maximum absolute atomic E-state index is 7.19. The first-order valence-corrected chi connectivity index (χ1v) is 19.5. The molecule has 0 amide bonds. The largest absolute Gasteiger partial charge is 0.456 e. The van der Waals surface area contributed by atoms with Crippen molar-refractivity contribution in [1.82, 2.24) is 6.15 Å². The third-order valence-corrected chi connectivity index (χ3v) is 11.5. The molecule has 3 heteroatoms. The highest BCUT2D eigenvalue weighted by Gasteiger charge is 2.46. The lowest BCUT2D eigenvalue weighted by atomic mass is 9.67. The lowest BCUT2D eigenvalue weighted by Gasteiger charge is -2.36. The molecule has 2 aliphatic carbocycles. The number of nitrogens with zero attached hydrogens (tertiary/aromatic N) is 1. The van der Waals surface area contributed by atoms with Gasteiger partial charge in [0.2, 0.25) is 0 Å². The Bertz CT molecular complexity index is 2060. The van der Waals surface area contributed by atoms with Crippen LogP contribution >= 0.6 is 0 Å². The second-order valence-electron chi connectivity index (χ2n) is 14.8. The lowest BCUT2D eigenvalue weighted by molar-refractivity contribution is 0.371. The van der Waals surface area contributed by atoms with E-state index in [1.165, 1.54) is 94.8 Å². The fraction of sp³-hybridized carbons (Fsp3) is 0.327. The van der Waals surface area contributed by atoms with Gasteiger partial charge in [0.15, 0.2) is 0 Å². The lowest BCUT2D eigenvalue weighted by Crippen LogP contribution is -2.27. The van der Waals surface area contributed by atoms with Crippen molar-refractivity contribution in [3.05, 3.63) is 149 Å². The number of allylic oxidation sites excluding steroid dienone is 1. The summed E-state index contributed by atoms with van der Waals surface area (Å²) in [6.07, 6.45) is 24.1. The van der Waals surface area contributed by atoms with Crippen molar-refractivity contribution in [2.24, 2.45) is 0 Å². The molecule has 1 saturated carbocycles. The second kappa shape index (κ2) is 16.2. The number of hydrogen-bond acceptors (Lipinski definition) is 3. The highest BCUT2D eigenvalue weighted by Crippen LogP contribution is 2.60. The number of rotatable bonds is 8. The van der Waals surface area contributed by atoms with Gasteiger partial charge in [-0.2, -0.15) is 0 Å². The predicted molar refractivity (Wildman–Crippen MR) is 220 cm³/mol. The number of ether oxygens (including phenoxy) is 1. The van der Waals surface area contributed by atoms with Crippen molar-refractivity contribution < 1.29 is 4.74 Å². The average Bonchev–Trinajstić information content (AvgIpc) is 3.42. The minimum absolute atomic E-state index is 0. The number of benzene rings is 5. The molecule has 5 aromatic carbocycles. The number of anilines is 1. The van der Waals surface area contributed by atoms with E-state index in [1.807, 2.05) is 0 Å². The molecule has 0 aromatic heterocycles.